The van der Waals surface area contributed by atoms with Gasteiger partial charge in [0.1, 0.15) is 17.6 Å². The molecule has 3 rings (SSSR count). The Labute approximate surface area is 156 Å². The quantitative estimate of drug-likeness (QED) is 0.836. The summed E-state index contributed by atoms with van der Waals surface area (Å²) in [6.07, 6.45) is 5.19. The van der Waals surface area contributed by atoms with Gasteiger partial charge in [-0.1, -0.05) is 0 Å². The second kappa shape index (κ2) is 8.66. The maximum Gasteiger partial charge on any atom is 0.316 e. The molecule has 7 nitrogen and oxygen atoms in total. The van der Waals surface area contributed by atoms with Crippen LogP contribution in [0.1, 0.15) is 36.0 Å². The number of hydrogen-bond acceptors (Lipinski definition) is 6. The molecule has 1 fully saturated rings. The van der Waals surface area contributed by atoms with Crippen molar-refractivity contribution in [1.29, 1.82) is 0 Å². The van der Waals surface area contributed by atoms with E-state index in [-0.39, 0.29) is 24.1 Å². The van der Waals surface area contributed by atoms with E-state index in [0.717, 1.165) is 38.1 Å². The maximum atomic E-state index is 12.8. The summed E-state index contributed by atoms with van der Waals surface area (Å²) < 4.78 is 28.9. The molecule has 1 amide bonds. The number of rotatable bonds is 6. The number of aromatic nitrogens is 2. The molecule has 1 saturated carbocycles. The standard InChI is InChI=1S/C19H22FN3O4/c1-25-16-7-12(8-17(9-16)26-2)18(24)23-14-3-5-15(6-4-14)27-19-21-10-13(20)11-22-19/h7-11,14-15H,3-6H2,1-2H3,(H,23,24). The van der Waals surface area contributed by atoms with Crippen molar-refractivity contribution >= 4 is 5.91 Å². The van der Waals surface area contributed by atoms with Crippen LogP contribution in [0.4, 0.5) is 4.39 Å². The van der Waals surface area contributed by atoms with Crippen molar-refractivity contribution in [1.82, 2.24) is 15.3 Å². The zero-order valence-electron chi connectivity index (χ0n) is 15.3. The summed E-state index contributed by atoms with van der Waals surface area (Å²) in [7, 11) is 3.09. The summed E-state index contributed by atoms with van der Waals surface area (Å²) in [4.78, 5) is 20.2. The molecule has 144 valence electrons. The van der Waals surface area contributed by atoms with E-state index in [4.69, 9.17) is 14.2 Å². The number of carbonyl (C=O) groups is 1. The fourth-order valence-corrected chi connectivity index (χ4v) is 3.04. The van der Waals surface area contributed by atoms with Crippen molar-refractivity contribution < 1.29 is 23.4 Å². The summed E-state index contributed by atoms with van der Waals surface area (Å²) in [5.41, 5.74) is 0.490. The van der Waals surface area contributed by atoms with E-state index in [9.17, 15) is 9.18 Å². The highest BCUT2D eigenvalue weighted by Crippen LogP contribution is 2.25. The normalized spacial score (nSPS) is 19.2. The lowest BCUT2D eigenvalue weighted by molar-refractivity contribution is 0.0884. The van der Waals surface area contributed by atoms with Gasteiger partial charge in [-0.2, -0.15) is 0 Å². The molecule has 8 heteroatoms. The Bertz CT molecular complexity index is 755. The SMILES string of the molecule is COc1cc(OC)cc(C(=O)NC2CCC(Oc3ncc(F)cn3)CC2)c1. The number of amides is 1. The molecule has 0 radical (unpaired) electrons. The first-order valence-corrected chi connectivity index (χ1v) is 8.75. The predicted molar refractivity (Wildman–Crippen MR) is 95.7 cm³/mol. The molecule has 0 aliphatic heterocycles. The molecule has 0 atom stereocenters. The summed E-state index contributed by atoms with van der Waals surface area (Å²) in [5.74, 6) is 0.466. The van der Waals surface area contributed by atoms with Crippen LogP contribution in [0.15, 0.2) is 30.6 Å². The Kier molecular flexibility index (Phi) is 6.05. The number of hydrogen-bond donors (Lipinski definition) is 1. The van der Waals surface area contributed by atoms with Gasteiger partial charge in [0.15, 0.2) is 5.82 Å². The molecule has 1 N–H and O–H groups in total. The molecule has 0 spiro atoms. The summed E-state index contributed by atoms with van der Waals surface area (Å²) in [6, 6.07) is 5.31. The van der Waals surface area contributed by atoms with E-state index < -0.39 is 5.82 Å². The minimum atomic E-state index is -0.497. The third-order valence-corrected chi connectivity index (χ3v) is 4.49. The van der Waals surface area contributed by atoms with E-state index in [1.165, 1.54) is 0 Å². The van der Waals surface area contributed by atoms with Gasteiger partial charge in [-0.3, -0.25) is 4.79 Å². The molecule has 1 heterocycles. The fourth-order valence-electron chi connectivity index (χ4n) is 3.04. The molecule has 0 saturated heterocycles. The summed E-state index contributed by atoms with van der Waals surface area (Å²) in [5, 5.41) is 3.04. The van der Waals surface area contributed by atoms with Crippen molar-refractivity contribution in [3.8, 4) is 17.5 Å². The molecule has 27 heavy (non-hydrogen) atoms. The number of halogens is 1. The van der Waals surface area contributed by atoms with Crippen LogP contribution in [0, 0.1) is 5.82 Å². The van der Waals surface area contributed by atoms with Gasteiger partial charge < -0.3 is 19.5 Å². The van der Waals surface area contributed by atoms with Crippen LogP contribution in [-0.4, -0.2) is 42.2 Å². The Balaban J connectivity index is 1.53. The predicted octanol–water partition coefficient (Wildman–Crippen LogP) is 2.75. The Morgan fingerprint density at radius 3 is 2.19 bits per heavy atom. The molecule has 0 bridgehead atoms. The molecule has 1 aromatic carbocycles. The third kappa shape index (κ3) is 5.06. The fraction of sp³-hybridized carbons (Fsp3) is 0.421. The lowest BCUT2D eigenvalue weighted by Gasteiger charge is -2.28. The number of ether oxygens (including phenoxy) is 3. The summed E-state index contributed by atoms with van der Waals surface area (Å²) in [6.45, 7) is 0. The van der Waals surface area contributed by atoms with Gasteiger partial charge in [-0.05, 0) is 37.8 Å². The molecular formula is C19H22FN3O4. The van der Waals surface area contributed by atoms with Crippen LogP contribution in [0.2, 0.25) is 0 Å². The zero-order chi connectivity index (χ0) is 19.2. The molecule has 2 aromatic rings. The molecular weight excluding hydrogens is 353 g/mol. The van der Waals surface area contributed by atoms with E-state index in [1.54, 1.807) is 32.4 Å². The first kappa shape index (κ1) is 18.9. The first-order valence-electron chi connectivity index (χ1n) is 8.75. The highest BCUT2D eigenvalue weighted by molar-refractivity contribution is 5.95. The lowest BCUT2D eigenvalue weighted by Crippen LogP contribution is -2.39. The Morgan fingerprint density at radius 1 is 1.04 bits per heavy atom. The topological polar surface area (TPSA) is 82.6 Å². The average molecular weight is 375 g/mol. The number of nitrogens with zero attached hydrogens (tertiary/aromatic N) is 2. The van der Waals surface area contributed by atoms with Crippen LogP contribution in [0.25, 0.3) is 0 Å². The van der Waals surface area contributed by atoms with Crippen molar-refractivity contribution in [3.63, 3.8) is 0 Å². The van der Waals surface area contributed by atoms with Gasteiger partial charge in [0.25, 0.3) is 5.91 Å². The Morgan fingerprint density at radius 2 is 1.63 bits per heavy atom. The highest BCUT2D eigenvalue weighted by atomic mass is 19.1. The zero-order valence-corrected chi connectivity index (χ0v) is 15.3. The van der Waals surface area contributed by atoms with Gasteiger partial charge in [0.05, 0.1) is 26.6 Å². The van der Waals surface area contributed by atoms with Crippen LogP contribution in [-0.2, 0) is 0 Å². The molecule has 1 aliphatic rings. The lowest BCUT2D eigenvalue weighted by atomic mass is 9.92. The maximum absolute atomic E-state index is 12.8. The van der Waals surface area contributed by atoms with Gasteiger partial charge in [-0.15, -0.1) is 0 Å². The van der Waals surface area contributed by atoms with E-state index >= 15 is 0 Å². The van der Waals surface area contributed by atoms with Crippen LogP contribution < -0.4 is 19.5 Å². The van der Waals surface area contributed by atoms with E-state index in [0.29, 0.717) is 17.1 Å². The average Bonchev–Trinajstić information content (AvgIpc) is 2.70. The minimum absolute atomic E-state index is 0.0412. The van der Waals surface area contributed by atoms with Gasteiger partial charge in [0, 0.05) is 17.7 Å². The number of carbonyl (C=O) groups excluding carboxylic acids is 1. The minimum Gasteiger partial charge on any atom is -0.497 e. The van der Waals surface area contributed by atoms with Crippen molar-refractivity contribution in [3.05, 3.63) is 42.0 Å². The van der Waals surface area contributed by atoms with E-state index in [2.05, 4.69) is 15.3 Å². The largest absolute Gasteiger partial charge is 0.497 e. The van der Waals surface area contributed by atoms with Gasteiger partial charge in [-0.25, -0.2) is 14.4 Å². The number of nitrogens with one attached hydrogen (secondary N) is 1. The van der Waals surface area contributed by atoms with Crippen molar-refractivity contribution in [2.24, 2.45) is 0 Å². The molecule has 0 unspecified atom stereocenters. The second-order valence-electron chi connectivity index (χ2n) is 6.35. The van der Waals surface area contributed by atoms with Crippen LogP contribution in [0.5, 0.6) is 17.5 Å². The van der Waals surface area contributed by atoms with Crippen LogP contribution in [0.3, 0.4) is 0 Å². The molecule has 1 aromatic heterocycles. The molecule has 1 aliphatic carbocycles. The monoisotopic (exact) mass is 375 g/mol. The number of methoxy groups -OCH3 is 2. The van der Waals surface area contributed by atoms with E-state index in [1.807, 2.05) is 0 Å². The van der Waals surface area contributed by atoms with Gasteiger partial charge >= 0.3 is 6.01 Å². The highest BCUT2D eigenvalue weighted by Gasteiger charge is 2.25. The first-order chi connectivity index (χ1) is 13.1. The second-order valence-corrected chi connectivity index (χ2v) is 6.35. The smallest absolute Gasteiger partial charge is 0.316 e. The van der Waals surface area contributed by atoms with Crippen molar-refractivity contribution in [2.45, 2.75) is 37.8 Å². The summed E-state index contributed by atoms with van der Waals surface area (Å²) >= 11 is 0. The van der Waals surface area contributed by atoms with Crippen molar-refractivity contribution in [2.75, 3.05) is 14.2 Å². The Hall–Kier alpha value is -2.90. The number of benzene rings is 1. The van der Waals surface area contributed by atoms with Gasteiger partial charge in [0.2, 0.25) is 0 Å². The van der Waals surface area contributed by atoms with Crippen LogP contribution >= 0.6 is 0 Å². The third-order valence-electron chi connectivity index (χ3n) is 4.49.